The molecule has 1 aliphatic rings. The van der Waals surface area contributed by atoms with Crippen LogP contribution in [0.5, 0.6) is 0 Å². The van der Waals surface area contributed by atoms with Crippen molar-refractivity contribution in [3.05, 3.63) is 35.9 Å². The number of anilines is 1. The topological polar surface area (TPSA) is 67.2 Å². The number of nitrogens with one attached hydrogen (secondary N) is 1. The van der Waals surface area contributed by atoms with Crippen LogP contribution in [-0.4, -0.2) is 39.6 Å². The molecule has 1 aliphatic heterocycles. The number of aryl methyl sites for hydroxylation is 1. The summed E-state index contributed by atoms with van der Waals surface area (Å²) in [5.74, 6) is 0.755. The van der Waals surface area contributed by atoms with Gasteiger partial charge in [0.25, 0.3) is 0 Å². The predicted octanol–water partition coefficient (Wildman–Crippen LogP) is 2.59. The molecule has 1 aromatic heterocycles. The van der Waals surface area contributed by atoms with Gasteiger partial charge in [-0.1, -0.05) is 30.3 Å². The highest BCUT2D eigenvalue weighted by atomic mass is 16.2. The van der Waals surface area contributed by atoms with Gasteiger partial charge >= 0.3 is 0 Å². The molecule has 6 heteroatoms. The molecule has 1 saturated heterocycles. The number of hydrogen-bond donors (Lipinski definition) is 1. The normalized spacial score (nSPS) is 15.2. The smallest absolute Gasteiger partial charge is 0.228 e. The molecule has 1 aromatic carbocycles. The molecule has 1 fully saturated rings. The SMILES string of the molecule is CC(=O)N1CCC(C(=O)Nc2c(C)c(-c3ccccc3)nn2C)CC1. The minimum atomic E-state index is -0.0647. The van der Waals surface area contributed by atoms with Crippen molar-refractivity contribution in [3.8, 4) is 11.3 Å². The number of hydrogen-bond acceptors (Lipinski definition) is 3. The van der Waals surface area contributed by atoms with Crippen LogP contribution in [0.15, 0.2) is 30.3 Å². The summed E-state index contributed by atoms with van der Waals surface area (Å²) in [6.45, 7) is 4.84. The average molecular weight is 340 g/mol. The Bertz CT molecular complexity index is 774. The van der Waals surface area contributed by atoms with E-state index in [9.17, 15) is 9.59 Å². The summed E-state index contributed by atoms with van der Waals surface area (Å²) in [7, 11) is 1.84. The Morgan fingerprint density at radius 3 is 2.40 bits per heavy atom. The average Bonchev–Trinajstić information content (AvgIpc) is 2.90. The first-order valence-electron chi connectivity index (χ1n) is 8.62. The predicted molar refractivity (Wildman–Crippen MR) is 97.0 cm³/mol. The van der Waals surface area contributed by atoms with Gasteiger partial charge in [-0.3, -0.25) is 14.3 Å². The van der Waals surface area contributed by atoms with Crippen molar-refractivity contribution < 1.29 is 9.59 Å². The third-order valence-electron chi connectivity index (χ3n) is 4.88. The second-order valence-electron chi connectivity index (χ2n) is 6.58. The first-order chi connectivity index (χ1) is 12.0. The Morgan fingerprint density at radius 2 is 1.80 bits per heavy atom. The molecule has 0 unspecified atom stereocenters. The number of rotatable bonds is 3. The van der Waals surface area contributed by atoms with E-state index in [0.717, 1.165) is 22.6 Å². The zero-order valence-corrected chi connectivity index (χ0v) is 15.0. The third-order valence-corrected chi connectivity index (χ3v) is 4.88. The molecule has 2 aromatic rings. The van der Waals surface area contributed by atoms with Gasteiger partial charge in [-0.25, -0.2) is 0 Å². The Labute approximate surface area is 147 Å². The van der Waals surface area contributed by atoms with E-state index in [-0.39, 0.29) is 17.7 Å². The molecule has 6 nitrogen and oxygen atoms in total. The van der Waals surface area contributed by atoms with Crippen molar-refractivity contribution in [3.63, 3.8) is 0 Å². The van der Waals surface area contributed by atoms with Crippen molar-refractivity contribution in [2.75, 3.05) is 18.4 Å². The molecule has 0 saturated carbocycles. The Kier molecular flexibility index (Phi) is 4.88. The van der Waals surface area contributed by atoms with Crippen LogP contribution >= 0.6 is 0 Å². The first-order valence-corrected chi connectivity index (χ1v) is 8.62. The van der Waals surface area contributed by atoms with Gasteiger partial charge in [-0.05, 0) is 19.8 Å². The van der Waals surface area contributed by atoms with Crippen molar-refractivity contribution in [1.29, 1.82) is 0 Å². The van der Waals surface area contributed by atoms with E-state index in [1.54, 1.807) is 16.5 Å². The van der Waals surface area contributed by atoms with Crippen LogP contribution < -0.4 is 5.32 Å². The van der Waals surface area contributed by atoms with Crippen LogP contribution in [-0.2, 0) is 16.6 Å². The molecule has 1 N–H and O–H groups in total. The molecule has 2 amide bonds. The highest BCUT2D eigenvalue weighted by molar-refractivity contribution is 5.93. The standard InChI is InChI=1S/C19H24N4O2/c1-13-17(15-7-5-4-6-8-15)21-22(3)18(13)20-19(25)16-9-11-23(12-10-16)14(2)24/h4-8,16H,9-12H2,1-3H3,(H,20,25). The lowest BCUT2D eigenvalue weighted by molar-refractivity contribution is -0.132. The molecule has 0 radical (unpaired) electrons. The quantitative estimate of drug-likeness (QED) is 0.934. The van der Waals surface area contributed by atoms with Gasteiger partial charge in [0.05, 0.1) is 5.69 Å². The Morgan fingerprint density at radius 1 is 1.16 bits per heavy atom. The van der Waals surface area contributed by atoms with Crippen LogP contribution in [0.25, 0.3) is 11.3 Å². The second-order valence-corrected chi connectivity index (χ2v) is 6.58. The van der Waals surface area contributed by atoms with Crippen LogP contribution in [0.4, 0.5) is 5.82 Å². The molecule has 0 spiro atoms. The van der Waals surface area contributed by atoms with E-state index in [1.807, 2.05) is 44.3 Å². The van der Waals surface area contributed by atoms with Gasteiger partial charge in [0.15, 0.2) is 0 Å². The number of piperidine rings is 1. The minimum Gasteiger partial charge on any atom is -0.343 e. The summed E-state index contributed by atoms with van der Waals surface area (Å²) in [6, 6.07) is 9.95. The summed E-state index contributed by atoms with van der Waals surface area (Å²) in [5.41, 5.74) is 2.87. The summed E-state index contributed by atoms with van der Waals surface area (Å²) in [4.78, 5) is 25.8. The van der Waals surface area contributed by atoms with Crippen LogP contribution in [0.1, 0.15) is 25.3 Å². The van der Waals surface area contributed by atoms with Crippen molar-refractivity contribution >= 4 is 17.6 Å². The van der Waals surface area contributed by atoms with E-state index in [0.29, 0.717) is 25.9 Å². The van der Waals surface area contributed by atoms with E-state index in [2.05, 4.69) is 10.4 Å². The van der Waals surface area contributed by atoms with Crippen LogP contribution in [0.2, 0.25) is 0 Å². The largest absolute Gasteiger partial charge is 0.343 e. The van der Waals surface area contributed by atoms with Gasteiger partial charge in [0.1, 0.15) is 5.82 Å². The number of likely N-dealkylation sites (tertiary alicyclic amines) is 1. The summed E-state index contributed by atoms with van der Waals surface area (Å²) < 4.78 is 1.72. The second kappa shape index (κ2) is 7.09. The molecule has 2 heterocycles. The minimum absolute atomic E-state index is 0.00825. The number of benzene rings is 1. The van der Waals surface area contributed by atoms with Crippen molar-refractivity contribution in [2.45, 2.75) is 26.7 Å². The monoisotopic (exact) mass is 340 g/mol. The molecular formula is C19H24N4O2. The maximum Gasteiger partial charge on any atom is 0.228 e. The van der Waals surface area contributed by atoms with E-state index in [4.69, 9.17) is 0 Å². The Hall–Kier alpha value is -2.63. The summed E-state index contributed by atoms with van der Waals surface area (Å²) in [5, 5.41) is 7.60. The lowest BCUT2D eigenvalue weighted by Gasteiger charge is -2.30. The molecule has 132 valence electrons. The zero-order chi connectivity index (χ0) is 18.0. The number of carbonyl (C=O) groups excluding carboxylic acids is 2. The van der Waals surface area contributed by atoms with Crippen molar-refractivity contribution in [1.82, 2.24) is 14.7 Å². The van der Waals surface area contributed by atoms with Crippen molar-refractivity contribution in [2.24, 2.45) is 13.0 Å². The molecule has 25 heavy (non-hydrogen) atoms. The highest BCUT2D eigenvalue weighted by Crippen LogP contribution is 2.28. The van der Waals surface area contributed by atoms with Gasteiger partial charge in [0.2, 0.25) is 11.8 Å². The molecule has 3 rings (SSSR count). The zero-order valence-electron chi connectivity index (χ0n) is 15.0. The van der Waals surface area contributed by atoms with Gasteiger partial charge in [-0.2, -0.15) is 5.10 Å². The fourth-order valence-corrected chi connectivity index (χ4v) is 3.35. The molecule has 0 aliphatic carbocycles. The molecule has 0 atom stereocenters. The van der Waals surface area contributed by atoms with E-state index in [1.165, 1.54) is 0 Å². The molecular weight excluding hydrogens is 316 g/mol. The van der Waals surface area contributed by atoms with E-state index < -0.39 is 0 Å². The number of aromatic nitrogens is 2. The van der Waals surface area contributed by atoms with Gasteiger partial charge < -0.3 is 10.2 Å². The fourth-order valence-electron chi connectivity index (χ4n) is 3.35. The third kappa shape index (κ3) is 3.57. The first kappa shape index (κ1) is 17.2. The number of carbonyl (C=O) groups is 2. The molecule has 0 bridgehead atoms. The Balaban J connectivity index is 1.72. The number of nitrogens with zero attached hydrogens (tertiary/aromatic N) is 3. The highest BCUT2D eigenvalue weighted by Gasteiger charge is 2.27. The van der Waals surface area contributed by atoms with E-state index >= 15 is 0 Å². The fraction of sp³-hybridized carbons (Fsp3) is 0.421. The summed E-state index contributed by atoms with van der Waals surface area (Å²) in [6.07, 6.45) is 1.40. The lowest BCUT2D eigenvalue weighted by Crippen LogP contribution is -2.40. The number of amides is 2. The van der Waals surface area contributed by atoms with Gasteiger partial charge in [0, 0.05) is 44.1 Å². The maximum atomic E-state index is 12.6. The van der Waals surface area contributed by atoms with Gasteiger partial charge in [-0.15, -0.1) is 0 Å². The maximum absolute atomic E-state index is 12.6. The van der Waals surface area contributed by atoms with Crippen LogP contribution in [0, 0.1) is 12.8 Å². The lowest BCUT2D eigenvalue weighted by atomic mass is 9.96. The van der Waals surface area contributed by atoms with Crippen LogP contribution in [0.3, 0.4) is 0 Å². The summed E-state index contributed by atoms with van der Waals surface area (Å²) >= 11 is 0.